The lowest BCUT2D eigenvalue weighted by Crippen LogP contribution is -2.29. The van der Waals surface area contributed by atoms with Gasteiger partial charge in [-0.1, -0.05) is 25.2 Å². The Kier molecular flexibility index (Phi) is 7.73. The normalized spacial score (nSPS) is 11.1. The first kappa shape index (κ1) is 18.3. The van der Waals surface area contributed by atoms with Crippen molar-refractivity contribution >= 4 is 34.6 Å². The summed E-state index contributed by atoms with van der Waals surface area (Å²) in [7, 11) is 0. The molecule has 1 heterocycles. The van der Waals surface area contributed by atoms with Crippen molar-refractivity contribution < 1.29 is 19.1 Å². The minimum atomic E-state index is -1.15. The van der Waals surface area contributed by atoms with E-state index < -0.39 is 17.9 Å². The second-order valence-corrected chi connectivity index (χ2v) is 5.40. The molecule has 1 aromatic rings. The zero-order chi connectivity index (χ0) is 16.5. The molecule has 0 atom stereocenters. The summed E-state index contributed by atoms with van der Waals surface area (Å²) in [5.41, 5.74) is 1.00. The fourth-order valence-corrected chi connectivity index (χ4v) is 2.74. The monoisotopic (exact) mass is 326 g/mol. The van der Waals surface area contributed by atoms with E-state index >= 15 is 0 Å². The highest BCUT2D eigenvalue weighted by atomic mass is 32.1. The summed E-state index contributed by atoms with van der Waals surface area (Å²) in [5.74, 6) is -2.47. The molecule has 0 aliphatic carbocycles. The minimum absolute atomic E-state index is 0.194. The van der Waals surface area contributed by atoms with Gasteiger partial charge in [0.2, 0.25) is 5.13 Å². The van der Waals surface area contributed by atoms with Crippen LogP contribution in [0.4, 0.5) is 5.13 Å². The minimum Gasteiger partial charge on any atom is -0.465 e. The Labute approximate surface area is 134 Å². The lowest BCUT2D eigenvalue weighted by atomic mass is 10.2. The predicted octanol–water partition coefficient (Wildman–Crippen LogP) is 2.71. The SMILES string of the molecule is CCOC(=O)C(C=Nc1nc(CC)c(CC)s1)C(=O)OCC. The summed E-state index contributed by atoms with van der Waals surface area (Å²) >= 11 is 1.46. The van der Waals surface area contributed by atoms with E-state index in [2.05, 4.69) is 16.9 Å². The molecule has 0 saturated heterocycles. The van der Waals surface area contributed by atoms with E-state index in [-0.39, 0.29) is 13.2 Å². The predicted molar refractivity (Wildman–Crippen MR) is 85.8 cm³/mol. The lowest BCUT2D eigenvalue weighted by Gasteiger charge is -2.09. The lowest BCUT2D eigenvalue weighted by molar-refractivity contribution is -0.157. The first-order chi connectivity index (χ1) is 10.6. The Morgan fingerprint density at radius 3 is 2.14 bits per heavy atom. The maximum Gasteiger partial charge on any atom is 0.325 e. The third-order valence-corrected chi connectivity index (χ3v) is 3.99. The maximum absolute atomic E-state index is 11.8. The Morgan fingerprint density at radius 2 is 1.73 bits per heavy atom. The summed E-state index contributed by atoms with van der Waals surface area (Å²) in [6.07, 6.45) is 2.97. The highest BCUT2D eigenvalue weighted by Gasteiger charge is 2.27. The molecule has 0 bridgehead atoms. The van der Waals surface area contributed by atoms with Crippen LogP contribution in [0.1, 0.15) is 38.3 Å². The van der Waals surface area contributed by atoms with E-state index in [0.717, 1.165) is 18.5 Å². The Morgan fingerprint density at radius 1 is 1.14 bits per heavy atom. The Bertz CT molecular complexity index is 500. The van der Waals surface area contributed by atoms with Crippen LogP contribution in [-0.2, 0) is 31.9 Å². The molecule has 0 N–H and O–H groups in total. The summed E-state index contributed by atoms with van der Waals surface area (Å²) in [4.78, 5) is 33.4. The van der Waals surface area contributed by atoms with Gasteiger partial charge in [-0.3, -0.25) is 9.59 Å². The standard InChI is InChI=1S/C15H22N2O4S/c1-5-11-12(6-2)22-15(17-11)16-9-10(13(18)20-7-3)14(19)21-8-4/h9-10H,5-8H2,1-4H3. The van der Waals surface area contributed by atoms with Gasteiger partial charge in [0.15, 0.2) is 5.92 Å². The molecule has 7 heteroatoms. The van der Waals surface area contributed by atoms with Crippen LogP contribution in [0.3, 0.4) is 0 Å². The van der Waals surface area contributed by atoms with Crippen molar-refractivity contribution in [3.8, 4) is 0 Å². The van der Waals surface area contributed by atoms with Crippen LogP contribution in [-0.4, -0.2) is 36.4 Å². The maximum atomic E-state index is 11.8. The number of esters is 2. The van der Waals surface area contributed by atoms with E-state index in [1.54, 1.807) is 13.8 Å². The Balaban J connectivity index is 2.94. The van der Waals surface area contributed by atoms with Crippen LogP contribution in [0.15, 0.2) is 4.99 Å². The molecule has 122 valence electrons. The molecule has 22 heavy (non-hydrogen) atoms. The number of carbonyl (C=O) groups excluding carboxylic acids is 2. The van der Waals surface area contributed by atoms with Crippen molar-refractivity contribution in [3.05, 3.63) is 10.6 Å². The number of ether oxygens (including phenoxy) is 2. The van der Waals surface area contributed by atoms with Crippen LogP contribution in [0.25, 0.3) is 0 Å². The van der Waals surface area contributed by atoms with E-state index in [4.69, 9.17) is 9.47 Å². The molecule has 0 unspecified atom stereocenters. The molecule has 0 spiro atoms. The van der Waals surface area contributed by atoms with Gasteiger partial charge in [0.25, 0.3) is 0 Å². The Hall–Kier alpha value is -1.76. The van der Waals surface area contributed by atoms with E-state index in [1.165, 1.54) is 22.4 Å². The number of hydrogen-bond donors (Lipinski definition) is 0. The average molecular weight is 326 g/mol. The number of thiazole rings is 1. The van der Waals surface area contributed by atoms with E-state index in [1.807, 2.05) is 6.92 Å². The summed E-state index contributed by atoms with van der Waals surface area (Å²) in [5, 5.41) is 0.535. The molecule has 0 aliphatic heterocycles. The van der Waals surface area contributed by atoms with Crippen molar-refractivity contribution in [1.82, 2.24) is 4.98 Å². The van der Waals surface area contributed by atoms with Crippen molar-refractivity contribution in [2.45, 2.75) is 40.5 Å². The second kappa shape index (κ2) is 9.30. The van der Waals surface area contributed by atoms with Gasteiger partial charge in [0.1, 0.15) is 0 Å². The number of carbonyl (C=O) groups is 2. The van der Waals surface area contributed by atoms with Crippen LogP contribution in [0.2, 0.25) is 0 Å². The van der Waals surface area contributed by atoms with Gasteiger partial charge >= 0.3 is 11.9 Å². The molecule has 0 saturated carbocycles. The van der Waals surface area contributed by atoms with Crippen molar-refractivity contribution in [2.24, 2.45) is 10.9 Å². The summed E-state index contributed by atoms with van der Waals surface area (Å²) in [6.45, 7) is 7.83. The highest BCUT2D eigenvalue weighted by Crippen LogP contribution is 2.26. The zero-order valence-corrected chi connectivity index (χ0v) is 14.2. The number of nitrogens with zero attached hydrogens (tertiary/aromatic N) is 2. The molecule has 0 radical (unpaired) electrons. The topological polar surface area (TPSA) is 77.9 Å². The van der Waals surface area contributed by atoms with E-state index in [0.29, 0.717) is 5.13 Å². The quantitative estimate of drug-likeness (QED) is 0.417. The number of aromatic nitrogens is 1. The fourth-order valence-electron chi connectivity index (χ4n) is 1.80. The molecule has 0 amide bonds. The number of aryl methyl sites for hydroxylation is 2. The summed E-state index contributed by atoms with van der Waals surface area (Å²) < 4.78 is 9.77. The number of rotatable bonds is 8. The van der Waals surface area contributed by atoms with Crippen molar-refractivity contribution in [3.63, 3.8) is 0 Å². The van der Waals surface area contributed by atoms with Gasteiger partial charge in [-0.05, 0) is 26.7 Å². The van der Waals surface area contributed by atoms with Gasteiger partial charge in [-0.15, -0.1) is 0 Å². The van der Waals surface area contributed by atoms with Gasteiger partial charge < -0.3 is 9.47 Å². The molecular weight excluding hydrogens is 304 g/mol. The van der Waals surface area contributed by atoms with E-state index in [9.17, 15) is 9.59 Å². The molecule has 0 fully saturated rings. The van der Waals surface area contributed by atoms with Gasteiger partial charge in [0, 0.05) is 11.1 Å². The molecule has 0 aliphatic rings. The van der Waals surface area contributed by atoms with Gasteiger partial charge in [0.05, 0.1) is 18.9 Å². The zero-order valence-electron chi connectivity index (χ0n) is 13.4. The third kappa shape index (κ3) is 4.91. The van der Waals surface area contributed by atoms with Gasteiger partial charge in [-0.25, -0.2) is 9.98 Å². The first-order valence-electron chi connectivity index (χ1n) is 7.43. The molecule has 1 aromatic heterocycles. The van der Waals surface area contributed by atoms with Gasteiger partial charge in [-0.2, -0.15) is 0 Å². The first-order valence-corrected chi connectivity index (χ1v) is 8.24. The molecule has 1 rings (SSSR count). The average Bonchev–Trinajstić information content (AvgIpc) is 2.90. The molecular formula is C15H22N2O4S. The number of hydrogen-bond acceptors (Lipinski definition) is 7. The van der Waals surface area contributed by atoms with Crippen LogP contribution in [0, 0.1) is 5.92 Å². The van der Waals surface area contributed by atoms with Crippen molar-refractivity contribution in [2.75, 3.05) is 13.2 Å². The number of aliphatic imine (C=N–C) groups is 1. The van der Waals surface area contributed by atoms with Crippen LogP contribution in [0.5, 0.6) is 0 Å². The highest BCUT2D eigenvalue weighted by molar-refractivity contribution is 7.15. The molecule has 0 aromatic carbocycles. The molecule has 6 nitrogen and oxygen atoms in total. The fraction of sp³-hybridized carbons (Fsp3) is 0.600. The van der Waals surface area contributed by atoms with Crippen LogP contribution < -0.4 is 0 Å². The van der Waals surface area contributed by atoms with Crippen molar-refractivity contribution in [1.29, 1.82) is 0 Å². The second-order valence-electron chi connectivity index (χ2n) is 4.33. The third-order valence-electron chi connectivity index (χ3n) is 2.84. The smallest absolute Gasteiger partial charge is 0.325 e. The largest absolute Gasteiger partial charge is 0.465 e. The summed E-state index contributed by atoms with van der Waals surface area (Å²) in [6, 6.07) is 0. The van der Waals surface area contributed by atoms with Crippen LogP contribution >= 0.6 is 11.3 Å².